The van der Waals surface area contributed by atoms with Crippen molar-refractivity contribution in [3.8, 4) is 0 Å². The first-order valence-electron chi connectivity index (χ1n) is 9.68. The second-order valence-corrected chi connectivity index (χ2v) is 9.68. The molecule has 1 aliphatic rings. The van der Waals surface area contributed by atoms with Crippen molar-refractivity contribution in [2.45, 2.75) is 44.0 Å². The van der Waals surface area contributed by atoms with Crippen molar-refractivity contribution in [3.63, 3.8) is 0 Å². The molecule has 1 atom stereocenters. The molecule has 0 saturated heterocycles. The van der Waals surface area contributed by atoms with Crippen LogP contribution < -0.4 is 11.3 Å². The van der Waals surface area contributed by atoms with E-state index in [9.17, 15) is 4.79 Å². The highest BCUT2D eigenvalue weighted by Crippen LogP contribution is 2.40. The number of pyridine rings is 1. The number of thiophene rings is 1. The minimum Gasteiger partial charge on any atom is -0.383 e. The maximum absolute atomic E-state index is 12.5. The van der Waals surface area contributed by atoms with Crippen molar-refractivity contribution in [2.75, 3.05) is 5.73 Å². The topological polar surface area (TPSA) is 86.2 Å². The van der Waals surface area contributed by atoms with Crippen molar-refractivity contribution < 1.29 is 0 Å². The summed E-state index contributed by atoms with van der Waals surface area (Å²) in [6.07, 6.45) is 3.35. The molecule has 0 bridgehead atoms. The fraction of sp³-hybridized carbons (Fsp3) is 0.333. The van der Waals surface area contributed by atoms with E-state index >= 15 is 0 Å². The van der Waals surface area contributed by atoms with Gasteiger partial charge in [-0.25, -0.2) is 15.0 Å². The van der Waals surface area contributed by atoms with Crippen LogP contribution in [-0.4, -0.2) is 19.4 Å². The molecule has 148 valence electrons. The van der Waals surface area contributed by atoms with E-state index in [1.165, 1.54) is 28.6 Å². The Hall–Kier alpha value is -2.45. The van der Waals surface area contributed by atoms with E-state index in [-0.39, 0.29) is 5.56 Å². The van der Waals surface area contributed by atoms with Crippen molar-refractivity contribution >= 4 is 44.8 Å². The highest BCUT2D eigenvalue weighted by Gasteiger charge is 2.23. The predicted octanol–water partition coefficient (Wildman–Crippen LogP) is 4.01. The van der Waals surface area contributed by atoms with Gasteiger partial charge in [-0.05, 0) is 49.8 Å². The third kappa shape index (κ3) is 3.30. The minimum absolute atomic E-state index is 0.0698. The predicted molar refractivity (Wildman–Crippen MR) is 119 cm³/mol. The highest BCUT2D eigenvalue weighted by atomic mass is 32.2. The normalized spacial score (nSPS) is 16.4. The van der Waals surface area contributed by atoms with E-state index < -0.39 is 0 Å². The first-order valence-corrected chi connectivity index (χ1v) is 11.5. The lowest BCUT2D eigenvalue weighted by atomic mass is 9.89. The Morgan fingerprint density at radius 2 is 2.17 bits per heavy atom. The average Bonchev–Trinajstić information content (AvgIpc) is 3.04. The van der Waals surface area contributed by atoms with Crippen molar-refractivity contribution in [1.82, 2.24) is 19.4 Å². The molecule has 5 rings (SSSR count). The van der Waals surface area contributed by atoms with Crippen LogP contribution in [0, 0.1) is 12.8 Å². The summed E-state index contributed by atoms with van der Waals surface area (Å²) in [5.74, 6) is 1.79. The number of aryl methyl sites for hydroxylation is 2. The van der Waals surface area contributed by atoms with Crippen LogP contribution in [0.5, 0.6) is 0 Å². The molecule has 8 heteroatoms. The number of rotatable bonds is 3. The summed E-state index contributed by atoms with van der Waals surface area (Å²) in [7, 11) is 0. The molecule has 0 spiro atoms. The number of anilines is 1. The molecule has 4 aromatic heterocycles. The molecular weight excluding hydrogens is 402 g/mol. The molecule has 0 amide bonds. The van der Waals surface area contributed by atoms with Crippen LogP contribution >= 0.6 is 23.1 Å². The maximum atomic E-state index is 12.5. The van der Waals surface area contributed by atoms with Gasteiger partial charge in [0.25, 0.3) is 5.56 Å². The first-order chi connectivity index (χ1) is 14.0. The summed E-state index contributed by atoms with van der Waals surface area (Å²) < 4.78 is 1.62. The Kier molecular flexibility index (Phi) is 4.55. The zero-order valence-electron chi connectivity index (χ0n) is 16.3. The number of hydrogen-bond donors (Lipinski definition) is 1. The number of thioether (sulfide) groups is 1. The molecule has 0 fully saturated rings. The number of fused-ring (bicyclic) bond motifs is 4. The largest absolute Gasteiger partial charge is 0.383 e. The monoisotopic (exact) mass is 423 g/mol. The standard InChI is InChI=1S/C21H21N5OS2/c1-11-6-7-14-15(8-11)29-20-18(14)19(22)24-21(25-20)28-10-13-9-17(27)26-12(2)4-3-5-16(26)23-13/h3-5,9,11H,6-8,10H2,1-2H3,(H2,22,24,25)/t11-/m0/s1. The maximum Gasteiger partial charge on any atom is 0.258 e. The summed E-state index contributed by atoms with van der Waals surface area (Å²) in [5.41, 5.74) is 9.84. The summed E-state index contributed by atoms with van der Waals surface area (Å²) in [5, 5.41) is 1.67. The number of nitrogens with two attached hydrogens (primary N) is 1. The fourth-order valence-electron chi connectivity index (χ4n) is 3.99. The lowest BCUT2D eigenvalue weighted by Crippen LogP contribution is -2.17. The highest BCUT2D eigenvalue weighted by molar-refractivity contribution is 7.98. The van der Waals surface area contributed by atoms with E-state index in [0.717, 1.165) is 28.8 Å². The van der Waals surface area contributed by atoms with Crippen LogP contribution in [0.1, 0.15) is 35.2 Å². The molecule has 0 radical (unpaired) electrons. The van der Waals surface area contributed by atoms with Gasteiger partial charge in [-0.15, -0.1) is 11.3 Å². The average molecular weight is 424 g/mol. The van der Waals surface area contributed by atoms with Gasteiger partial charge in [0.1, 0.15) is 16.3 Å². The lowest BCUT2D eigenvalue weighted by Gasteiger charge is -2.17. The lowest BCUT2D eigenvalue weighted by molar-refractivity contribution is 0.509. The van der Waals surface area contributed by atoms with E-state index in [4.69, 9.17) is 10.7 Å². The second kappa shape index (κ2) is 7.11. The van der Waals surface area contributed by atoms with Gasteiger partial charge in [0.2, 0.25) is 0 Å². The Morgan fingerprint density at radius 3 is 3.03 bits per heavy atom. The molecule has 0 aliphatic heterocycles. The molecule has 0 unspecified atom stereocenters. The van der Waals surface area contributed by atoms with E-state index in [2.05, 4.69) is 16.9 Å². The van der Waals surface area contributed by atoms with Gasteiger partial charge < -0.3 is 5.73 Å². The van der Waals surface area contributed by atoms with Crippen LogP contribution in [0.25, 0.3) is 15.9 Å². The minimum atomic E-state index is -0.0698. The molecule has 4 aromatic rings. The van der Waals surface area contributed by atoms with Gasteiger partial charge in [0.15, 0.2) is 5.16 Å². The van der Waals surface area contributed by atoms with Crippen LogP contribution in [0.2, 0.25) is 0 Å². The Bertz CT molecular complexity index is 1310. The third-order valence-electron chi connectivity index (χ3n) is 5.44. The van der Waals surface area contributed by atoms with E-state index in [0.29, 0.717) is 34.0 Å². The van der Waals surface area contributed by atoms with Crippen molar-refractivity contribution in [3.05, 3.63) is 56.4 Å². The number of aromatic nitrogens is 4. The van der Waals surface area contributed by atoms with Crippen LogP contribution in [-0.2, 0) is 18.6 Å². The van der Waals surface area contributed by atoms with Crippen molar-refractivity contribution in [1.29, 1.82) is 0 Å². The van der Waals surface area contributed by atoms with E-state index in [1.54, 1.807) is 21.8 Å². The molecule has 1 aliphatic carbocycles. The molecule has 29 heavy (non-hydrogen) atoms. The van der Waals surface area contributed by atoms with Crippen LogP contribution in [0.3, 0.4) is 0 Å². The van der Waals surface area contributed by atoms with Crippen LogP contribution in [0.4, 0.5) is 5.82 Å². The van der Waals surface area contributed by atoms with Gasteiger partial charge in [-0.1, -0.05) is 24.8 Å². The SMILES string of the molecule is Cc1cccc2nc(CSc3nc(N)c4c5c(sc4n3)C[C@@H](C)CC5)cc(=O)n12. The number of hydrogen-bond acceptors (Lipinski definition) is 7. The van der Waals surface area contributed by atoms with Gasteiger partial charge in [-0.2, -0.15) is 0 Å². The molecule has 0 saturated carbocycles. The molecular formula is C21H21N5OS2. The zero-order valence-corrected chi connectivity index (χ0v) is 17.9. The van der Waals surface area contributed by atoms with Gasteiger partial charge in [0, 0.05) is 22.4 Å². The number of nitrogen functional groups attached to an aromatic ring is 1. The van der Waals surface area contributed by atoms with Gasteiger partial charge in [-0.3, -0.25) is 9.20 Å². The van der Waals surface area contributed by atoms with Crippen LogP contribution in [0.15, 0.2) is 34.2 Å². The Labute approximate surface area is 176 Å². The Balaban J connectivity index is 1.45. The zero-order chi connectivity index (χ0) is 20.1. The quantitative estimate of drug-likeness (QED) is 0.396. The molecule has 6 nitrogen and oxygen atoms in total. The van der Waals surface area contributed by atoms with Gasteiger partial charge >= 0.3 is 0 Å². The smallest absolute Gasteiger partial charge is 0.258 e. The summed E-state index contributed by atoms with van der Waals surface area (Å²) >= 11 is 3.21. The van der Waals surface area contributed by atoms with E-state index in [1.807, 2.05) is 25.1 Å². The summed E-state index contributed by atoms with van der Waals surface area (Å²) in [4.78, 5) is 28.8. The first kappa shape index (κ1) is 18.6. The third-order valence-corrected chi connectivity index (χ3v) is 7.47. The summed E-state index contributed by atoms with van der Waals surface area (Å²) in [6.45, 7) is 4.20. The molecule has 2 N–H and O–H groups in total. The molecule has 4 heterocycles. The second-order valence-electron chi connectivity index (χ2n) is 7.66. The molecule has 0 aromatic carbocycles. The fourth-order valence-corrected chi connectivity index (χ4v) is 6.18. The summed E-state index contributed by atoms with van der Waals surface area (Å²) in [6, 6.07) is 7.24. The van der Waals surface area contributed by atoms with Gasteiger partial charge in [0.05, 0.1) is 11.1 Å². The van der Waals surface area contributed by atoms with Crippen molar-refractivity contribution in [2.24, 2.45) is 5.92 Å². The Morgan fingerprint density at radius 1 is 1.31 bits per heavy atom. The number of nitrogens with zero attached hydrogens (tertiary/aromatic N) is 4.